The first-order chi connectivity index (χ1) is 10.9. The molecule has 1 aliphatic heterocycles. The zero-order valence-corrected chi connectivity index (χ0v) is 13.7. The second-order valence-electron chi connectivity index (χ2n) is 6.07. The Kier molecular flexibility index (Phi) is 3.97. The van der Waals surface area contributed by atoms with Gasteiger partial charge in [0.05, 0.1) is 17.9 Å². The third kappa shape index (κ3) is 2.65. The monoisotopic (exact) mass is 319 g/mol. The van der Waals surface area contributed by atoms with Gasteiger partial charge in [0.25, 0.3) is 5.56 Å². The van der Waals surface area contributed by atoms with Crippen LogP contribution in [0.4, 0.5) is 0 Å². The predicted molar refractivity (Wildman–Crippen MR) is 84.0 cm³/mol. The first-order valence-electron chi connectivity index (χ1n) is 7.81. The van der Waals surface area contributed by atoms with E-state index in [-0.39, 0.29) is 23.6 Å². The number of hydrogen-bond donors (Lipinski definition) is 1. The minimum Gasteiger partial charge on any atom is -0.457 e. The molecule has 2 aromatic heterocycles. The quantitative estimate of drug-likeness (QED) is 0.873. The summed E-state index contributed by atoms with van der Waals surface area (Å²) in [5.74, 6) is -0.278. The number of aryl methyl sites for hydroxylation is 1. The van der Waals surface area contributed by atoms with Crippen LogP contribution in [0.3, 0.4) is 0 Å². The molecule has 0 spiro atoms. The number of H-pyrrole nitrogens is 1. The van der Waals surface area contributed by atoms with Crippen molar-refractivity contribution in [3.8, 4) is 0 Å². The van der Waals surface area contributed by atoms with Crippen LogP contribution in [0.5, 0.6) is 0 Å². The molecule has 0 aliphatic carbocycles. The number of carbonyl (C=O) groups is 1. The number of pyridine rings is 1. The summed E-state index contributed by atoms with van der Waals surface area (Å²) in [6, 6.07) is 1.85. The molecule has 0 amide bonds. The van der Waals surface area contributed by atoms with Crippen molar-refractivity contribution in [3.63, 3.8) is 0 Å². The maximum Gasteiger partial charge on any atom is 0.303 e. The van der Waals surface area contributed by atoms with E-state index in [4.69, 9.17) is 9.47 Å². The Hall–Kier alpha value is -2.15. The number of fused-ring (bicyclic) bond motifs is 1. The molecule has 124 valence electrons. The predicted octanol–water partition coefficient (Wildman–Crippen LogP) is 1.91. The molecule has 23 heavy (non-hydrogen) atoms. The lowest BCUT2D eigenvalue weighted by molar-refractivity contribution is -0.153. The van der Waals surface area contributed by atoms with Crippen molar-refractivity contribution in [3.05, 3.63) is 28.4 Å². The van der Waals surface area contributed by atoms with Crippen LogP contribution in [0, 0.1) is 12.8 Å². The van der Waals surface area contributed by atoms with Crippen LogP contribution in [0.2, 0.25) is 0 Å². The van der Waals surface area contributed by atoms with Gasteiger partial charge in [0.15, 0.2) is 17.8 Å². The molecule has 0 aromatic carbocycles. The Morgan fingerprint density at radius 1 is 1.52 bits per heavy atom. The zero-order valence-electron chi connectivity index (χ0n) is 13.7. The molecule has 1 N–H and O–H groups in total. The summed E-state index contributed by atoms with van der Waals surface area (Å²) >= 11 is 0. The molecular formula is C16H21N3O4. The number of rotatable bonds is 3. The zero-order chi connectivity index (χ0) is 16.7. The average Bonchev–Trinajstić information content (AvgIpc) is 3.01. The minimum absolute atomic E-state index is 0.00936. The highest BCUT2D eigenvalue weighted by atomic mass is 16.6. The van der Waals surface area contributed by atoms with Gasteiger partial charge in [-0.2, -0.15) is 0 Å². The van der Waals surface area contributed by atoms with E-state index in [1.54, 1.807) is 10.9 Å². The van der Waals surface area contributed by atoms with Gasteiger partial charge in [0.1, 0.15) is 0 Å². The fourth-order valence-electron chi connectivity index (χ4n) is 3.27. The maximum absolute atomic E-state index is 12.0. The molecule has 0 bridgehead atoms. The Morgan fingerprint density at radius 3 is 2.91 bits per heavy atom. The first kappa shape index (κ1) is 15.7. The van der Waals surface area contributed by atoms with E-state index in [9.17, 15) is 9.59 Å². The molecule has 3 heterocycles. The van der Waals surface area contributed by atoms with Crippen LogP contribution in [-0.4, -0.2) is 32.7 Å². The average molecular weight is 319 g/mol. The highest BCUT2D eigenvalue weighted by Gasteiger charge is 2.44. The number of hydrogen-bond acceptors (Lipinski definition) is 5. The molecule has 7 heteroatoms. The smallest absolute Gasteiger partial charge is 0.303 e. The third-order valence-corrected chi connectivity index (χ3v) is 4.39. The number of ether oxygens (including phenoxy) is 2. The van der Waals surface area contributed by atoms with Gasteiger partial charge >= 0.3 is 5.97 Å². The van der Waals surface area contributed by atoms with E-state index >= 15 is 0 Å². The number of nitrogens with one attached hydrogen (secondary N) is 1. The van der Waals surface area contributed by atoms with E-state index < -0.39 is 12.3 Å². The molecule has 0 saturated carbocycles. The van der Waals surface area contributed by atoms with Gasteiger partial charge in [-0.05, 0) is 19.4 Å². The van der Waals surface area contributed by atoms with Gasteiger partial charge in [-0.1, -0.05) is 13.8 Å². The summed E-state index contributed by atoms with van der Waals surface area (Å²) in [4.78, 5) is 30.4. The van der Waals surface area contributed by atoms with Crippen molar-refractivity contribution < 1.29 is 14.3 Å². The van der Waals surface area contributed by atoms with E-state index in [0.29, 0.717) is 11.0 Å². The summed E-state index contributed by atoms with van der Waals surface area (Å²) in [5, 5.41) is 0. The fourth-order valence-corrected chi connectivity index (χ4v) is 3.27. The van der Waals surface area contributed by atoms with Crippen molar-refractivity contribution in [2.75, 3.05) is 0 Å². The van der Waals surface area contributed by atoms with Crippen LogP contribution in [-0.2, 0) is 14.3 Å². The van der Waals surface area contributed by atoms with Crippen molar-refractivity contribution >= 4 is 17.0 Å². The molecule has 1 fully saturated rings. The van der Waals surface area contributed by atoms with Gasteiger partial charge in [-0.25, -0.2) is 4.98 Å². The molecule has 1 unspecified atom stereocenters. The molecule has 4 atom stereocenters. The molecule has 1 saturated heterocycles. The topological polar surface area (TPSA) is 86.2 Å². The van der Waals surface area contributed by atoms with Crippen molar-refractivity contribution in [2.24, 2.45) is 5.92 Å². The third-order valence-electron chi connectivity index (χ3n) is 4.39. The number of imidazole rings is 1. The van der Waals surface area contributed by atoms with Crippen molar-refractivity contribution in [1.29, 1.82) is 0 Å². The lowest BCUT2D eigenvalue weighted by Gasteiger charge is -2.22. The molecule has 2 aromatic rings. The normalized spacial score (nSPS) is 27.5. The summed E-state index contributed by atoms with van der Waals surface area (Å²) in [6.07, 6.45) is 1.50. The molecular weight excluding hydrogens is 298 g/mol. The van der Waals surface area contributed by atoms with Gasteiger partial charge in [-0.3, -0.25) is 14.2 Å². The minimum atomic E-state index is -0.481. The Morgan fingerprint density at radius 2 is 2.26 bits per heavy atom. The first-order valence-corrected chi connectivity index (χ1v) is 7.81. The second-order valence-corrected chi connectivity index (χ2v) is 6.07. The summed E-state index contributed by atoms with van der Waals surface area (Å²) < 4.78 is 13.4. The summed E-state index contributed by atoms with van der Waals surface area (Å²) in [5.41, 5.74) is 1.54. The van der Waals surface area contributed by atoms with Gasteiger partial charge in [0.2, 0.25) is 0 Å². The molecule has 1 aliphatic rings. The van der Waals surface area contributed by atoms with Gasteiger partial charge in [-0.15, -0.1) is 0 Å². The van der Waals surface area contributed by atoms with Crippen LogP contribution < -0.4 is 5.56 Å². The van der Waals surface area contributed by atoms with Crippen LogP contribution in [0.1, 0.15) is 39.1 Å². The van der Waals surface area contributed by atoms with E-state index in [2.05, 4.69) is 9.97 Å². The van der Waals surface area contributed by atoms with Crippen LogP contribution in [0.25, 0.3) is 11.0 Å². The van der Waals surface area contributed by atoms with E-state index in [1.165, 1.54) is 6.92 Å². The molecule has 7 nitrogen and oxygen atoms in total. The van der Waals surface area contributed by atoms with Crippen molar-refractivity contribution in [1.82, 2.24) is 14.5 Å². The van der Waals surface area contributed by atoms with Crippen LogP contribution in [0.15, 0.2) is 17.2 Å². The lowest BCUT2D eigenvalue weighted by Crippen LogP contribution is -2.29. The van der Waals surface area contributed by atoms with E-state index in [1.807, 2.05) is 26.8 Å². The van der Waals surface area contributed by atoms with Crippen LogP contribution >= 0.6 is 0 Å². The maximum atomic E-state index is 12.0. The lowest BCUT2D eigenvalue weighted by atomic mass is 9.98. The number of nitrogens with zero attached hydrogens (tertiary/aromatic N) is 2. The number of aromatic amines is 1. The summed E-state index contributed by atoms with van der Waals surface area (Å²) in [7, 11) is 0. The SMILES string of the molecule is CC[C@H]1O[C@@H](n2cnc3c(=O)[nH]c(C)cc32)[C@@H](OC(C)=O)C1C. The molecule has 0 radical (unpaired) electrons. The molecule has 3 rings (SSSR count). The number of esters is 1. The fraction of sp³-hybridized carbons (Fsp3) is 0.562. The standard InChI is InChI=1S/C16H21N3O4/c1-5-12-9(3)14(22-10(4)20)16(23-12)19-7-17-13-11(19)6-8(2)18-15(13)21/h6-7,9,12,14,16H,5H2,1-4H3,(H,18,21)/t9?,12-,14+,16-/m1/s1. The number of aromatic nitrogens is 3. The Labute approximate surface area is 133 Å². The van der Waals surface area contributed by atoms with E-state index in [0.717, 1.165) is 12.1 Å². The Bertz CT molecular complexity index is 794. The Balaban J connectivity index is 2.08. The van der Waals surface area contributed by atoms with Gasteiger partial charge < -0.3 is 14.5 Å². The van der Waals surface area contributed by atoms with Gasteiger partial charge in [0, 0.05) is 18.5 Å². The highest BCUT2D eigenvalue weighted by molar-refractivity contribution is 5.74. The second kappa shape index (κ2) is 5.81. The summed E-state index contributed by atoms with van der Waals surface area (Å²) in [6.45, 7) is 7.26. The number of carbonyl (C=O) groups excluding carboxylic acids is 1. The largest absolute Gasteiger partial charge is 0.457 e. The van der Waals surface area contributed by atoms with Crippen molar-refractivity contribution in [2.45, 2.75) is 52.6 Å². The highest BCUT2D eigenvalue weighted by Crippen LogP contribution is 2.38.